The minimum atomic E-state index is 0.199. The fourth-order valence-corrected chi connectivity index (χ4v) is 4.46. The highest BCUT2D eigenvalue weighted by Gasteiger charge is 2.46. The first-order chi connectivity index (χ1) is 12.8. The van der Waals surface area contributed by atoms with E-state index in [1.54, 1.807) is 0 Å². The van der Waals surface area contributed by atoms with Gasteiger partial charge in [-0.15, -0.1) is 0 Å². The van der Waals surface area contributed by atoms with Crippen molar-refractivity contribution >= 4 is 5.91 Å². The molecule has 5 nitrogen and oxygen atoms in total. The fraction of sp³-hybridized carbons (Fsp3) is 0.524. The van der Waals surface area contributed by atoms with Crippen LogP contribution >= 0.6 is 0 Å². The number of hydrogen-bond acceptors (Lipinski definition) is 3. The summed E-state index contributed by atoms with van der Waals surface area (Å²) in [6.07, 6.45) is 8.84. The molecule has 136 valence electrons. The second-order valence-electron chi connectivity index (χ2n) is 8.00. The smallest absolute Gasteiger partial charge is 0.226 e. The SMILES string of the molecule is O=C(C1CC1c1ccc(-c2cn[nH]c2)cc1)N1CCN(C2CCC2)CC1. The summed E-state index contributed by atoms with van der Waals surface area (Å²) >= 11 is 0. The minimum absolute atomic E-state index is 0.199. The van der Waals surface area contributed by atoms with Gasteiger partial charge >= 0.3 is 0 Å². The predicted octanol–water partition coefficient (Wildman–Crippen LogP) is 2.88. The van der Waals surface area contributed by atoms with Gasteiger partial charge in [-0.1, -0.05) is 30.7 Å². The van der Waals surface area contributed by atoms with Crippen LogP contribution in [-0.4, -0.2) is 58.1 Å². The van der Waals surface area contributed by atoms with E-state index in [0.29, 0.717) is 11.8 Å². The van der Waals surface area contributed by atoms with E-state index in [0.717, 1.165) is 49.8 Å². The lowest BCUT2D eigenvalue weighted by molar-refractivity contribution is -0.135. The number of piperazine rings is 1. The van der Waals surface area contributed by atoms with Crippen LogP contribution in [-0.2, 0) is 4.79 Å². The standard InChI is InChI=1S/C21H26N4O/c26-21(25-10-8-24(9-11-25)18-2-1-3-18)20-12-19(20)16-6-4-15(5-7-16)17-13-22-23-14-17/h4-7,13-14,18-20H,1-3,8-12H2,(H,22,23). The first kappa shape index (κ1) is 16.1. The van der Waals surface area contributed by atoms with E-state index >= 15 is 0 Å². The van der Waals surface area contributed by atoms with Gasteiger partial charge in [0, 0.05) is 49.9 Å². The van der Waals surface area contributed by atoms with Gasteiger partial charge in [0.2, 0.25) is 5.91 Å². The molecule has 2 saturated carbocycles. The van der Waals surface area contributed by atoms with Gasteiger partial charge in [-0.05, 0) is 36.3 Å². The van der Waals surface area contributed by atoms with Gasteiger partial charge in [-0.2, -0.15) is 5.10 Å². The number of H-pyrrole nitrogens is 1. The van der Waals surface area contributed by atoms with Crippen molar-refractivity contribution in [3.63, 3.8) is 0 Å². The zero-order valence-corrected chi connectivity index (χ0v) is 15.1. The molecular formula is C21H26N4O. The summed E-state index contributed by atoms with van der Waals surface area (Å²) in [6.45, 7) is 3.95. The molecule has 26 heavy (non-hydrogen) atoms. The highest BCUT2D eigenvalue weighted by Crippen LogP contribution is 2.48. The highest BCUT2D eigenvalue weighted by atomic mass is 16.2. The number of benzene rings is 1. The van der Waals surface area contributed by atoms with Crippen LogP contribution in [0.1, 0.15) is 37.2 Å². The first-order valence-corrected chi connectivity index (χ1v) is 9.91. The van der Waals surface area contributed by atoms with Gasteiger partial charge in [0.05, 0.1) is 6.20 Å². The molecule has 5 heteroatoms. The molecule has 1 aromatic carbocycles. The molecule has 2 atom stereocenters. The van der Waals surface area contributed by atoms with Gasteiger partial charge in [-0.3, -0.25) is 14.8 Å². The van der Waals surface area contributed by atoms with Gasteiger partial charge < -0.3 is 4.90 Å². The quantitative estimate of drug-likeness (QED) is 0.922. The van der Waals surface area contributed by atoms with Crippen molar-refractivity contribution in [2.45, 2.75) is 37.6 Å². The number of amides is 1. The van der Waals surface area contributed by atoms with Crippen LogP contribution in [0.5, 0.6) is 0 Å². The molecule has 3 aliphatic rings. The summed E-state index contributed by atoms with van der Waals surface area (Å²) in [7, 11) is 0. The Morgan fingerprint density at radius 2 is 1.81 bits per heavy atom. The Labute approximate surface area is 154 Å². The Kier molecular flexibility index (Phi) is 4.04. The van der Waals surface area contributed by atoms with Crippen molar-refractivity contribution in [2.24, 2.45) is 5.92 Å². The van der Waals surface area contributed by atoms with Crippen LogP contribution in [0.4, 0.5) is 0 Å². The lowest BCUT2D eigenvalue weighted by atomic mass is 9.91. The molecule has 0 spiro atoms. The molecule has 0 bridgehead atoms. The second-order valence-corrected chi connectivity index (χ2v) is 8.00. The number of aromatic amines is 1. The Morgan fingerprint density at radius 3 is 2.42 bits per heavy atom. The maximum absolute atomic E-state index is 12.9. The van der Waals surface area contributed by atoms with E-state index in [9.17, 15) is 4.79 Å². The Hall–Kier alpha value is -2.14. The third-order valence-corrected chi connectivity index (χ3v) is 6.50. The molecule has 2 aromatic rings. The Balaban J connectivity index is 1.17. The van der Waals surface area contributed by atoms with E-state index in [2.05, 4.69) is 44.3 Å². The summed E-state index contributed by atoms with van der Waals surface area (Å²) in [4.78, 5) is 17.6. The third-order valence-electron chi connectivity index (χ3n) is 6.50. The van der Waals surface area contributed by atoms with E-state index in [1.165, 1.54) is 24.8 Å². The van der Waals surface area contributed by atoms with Crippen molar-refractivity contribution in [2.75, 3.05) is 26.2 Å². The molecule has 3 fully saturated rings. The van der Waals surface area contributed by atoms with E-state index in [4.69, 9.17) is 0 Å². The van der Waals surface area contributed by atoms with Crippen LogP contribution in [0.25, 0.3) is 11.1 Å². The fourth-order valence-electron chi connectivity index (χ4n) is 4.46. The topological polar surface area (TPSA) is 52.2 Å². The van der Waals surface area contributed by atoms with Crippen LogP contribution in [0.15, 0.2) is 36.7 Å². The van der Waals surface area contributed by atoms with Crippen LogP contribution in [0.3, 0.4) is 0 Å². The maximum Gasteiger partial charge on any atom is 0.226 e. The van der Waals surface area contributed by atoms with Gasteiger partial charge in [0.1, 0.15) is 0 Å². The lowest BCUT2D eigenvalue weighted by Gasteiger charge is -2.43. The summed E-state index contributed by atoms with van der Waals surface area (Å²) in [5.41, 5.74) is 3.56. The largest absolute Gasteiger partial charge is 0.340 e. The zero-order chi connectivity index (χ0) is 17.5. The molecule has 2 heterocycles. The molecule has 0 radical (unpaired) electrons. The number of rotatable bonds is 4. The molecule has 2 aliphatic carbocycles. The number of aromatic nitrogens is 2. The number of carbonyl (C=O) groups is 1. The van der Waals surface area contributed by atoms with Gasteiger partial charge in [-0.25, -0.2) is 0 Å². The van der Waals surface area contributed by atoms with Crippen LogP contribution in [0.2, 0.25) is 0 Å². The maximum atomic E-state index is 12.9. The van der Waals surface area contributed by atoms with Crippen molar-refractivity contribution in [3.8, 4) is 11.1 Å². The second kappa shape index (κ2) is 6.54. The molecule has 2 unspecified atom stereocenters. The van der Waals surface area contributed by atoms with E-state index in [-0.39, 0.29) is 5.92 Å². The van der Waals surface area contributed by atoms with E-state index < -0.39 is 0 Å². The number of hydrogen-bond donors (Lipinski definition) is 1. The summed E-state index contributed by atoms with van der Waals surface area (Å²) in [5.74, 6) is 0.984. The average molecular weight is 350 g/mol. The van der Waals surface area contributed by atoms with Crippen LogP contribution < -0.4 is 0 Å². The van der Waals surface area contributed by atoms with E-state index in [1.807, 2.05) is 12.4 Å². The van der Waals surface area contributed by atoms with Crippen molar-refractivity contribution < 1.29 is 4.79 Å². The number of nitrogens with zero attached hydrogens (tertiary/aromatic N) is 3. The molecule has 1 aliphatic heterocycles. The molecular weight excluding hydrogens is 324 g/mol. The highest BCUT2D eigenvalue weighted by molar-refractivity contribution is 5.83. The number of nitrogens with one attached hydrogen (secondary N) is 1. The monoisotopic (exact) mass is 350 g/mol. The summed E-state index contributed by atoms with van der Waals surface area (Å²) in [6, 6.07) is 9.42. The summed E-state index contributed by atoms with van der Waals surface area (Å²) in [5, 5.41) is 6.85. The molecule has 1 aromatic heterocycles. The van der Waals surface area contributed by atoms with Crippen molar-refractivity contribution in [3.05, 3.63) is 42.2 Å². The van der Waals surface area contributed by atoms with Gasteiger partial charge in [0.15, 0.2) is 0 Å². The van der Waals surface area contributed by atoms with Gasteiger partial charge in [0.25, 0.3) is 0 Å². The predicted molar refractivity (Wildman–Crippen MR) is 101 cm³/mol. The van der Waals surface area contributed by atoms with Crippen molar-refractivity contribution in [1.82, 2.24) is 20.0 Å². The van der Waals surface area contributed by atoms with Crippen molar-refractivity contribution in [1.29, 1.82) is 0 Å². The average Bonchev–Trinajstić information content (AvgIpc) is 3.25. The Bertz CT molecular complexity index is 758. The molecule has 1 N–H and O–H groups in total. The molecule has 1 amide bonds. The molecule has 1 saturated heterocycles. The first-order valence-electron chi connectivity index (χ1n) is 9.91. The third kappa shape index (κ3) is 2.94. The summed E-state index contributed by atoms with van der Waals surface area (Å²) < 4.78 is 0. The number of carbonyl (C=O) groups excluding carboxylic acids is 1. The molecule has 5 rings (SSSR count). The lowest BCUT2D eigenvalue weighted by Crippen LogP contribution is -2.53. The zero-order valence-electron chi connectivity index (χ0n) is 15.1. The minimum Gasteiger partial charge on any atom is -0.340 e. The van der Waals surface area contributed by atoms with Crippen LogP contribution in [0, 0.1) is 5.92 Å². The normalized spacial score (nSPS) is 26.5. The Morgan fingerprint density at radius 1 is 1.04 bits per heavy atom.